The van der Waals surface area contributed by atoms with Gasteiger partial charge in [-0.1, -0.05) is 32.4 Å². The van der Waals surface area contributed by atoms with Gasteiger partial charge in [-0.15, -0.1) is 0 Å². The van der Waals surface area contributed by atoms with E-state index in [-0.39, 0.29) is 5.41 Å². The molecule has 2 fully saturated rings. The van der Waals surface area contributed by atoms with Gasteiger partial charge in [0.2, 0.25) is 0 Å². The predicted molar refractivity (Wildman–Crippen MR) is 58.0 cm³/mol. The first kappa shape index (κ1) is 9.95. The van der Waals surface area contributed by atoms with Gasteiger partial charge in [0.1, 0.15) is 5.78 Å². The van der Waals surface area contributed by atoms with Crippen LogP contribution < -0.4 is 0 Å². The van der Waals surface area contributed by atoms with Gasteiger partial charge in [-0.05, 0) is 30.6 Å². The van der Waals surface area contributed by atoms with Crippen LogP contribution in [-0.2, 0) is 4.79 Å². The molecule has 0 aromatic heterocycles. The van der Waals surface area contributed by atoms with Gasteiger partial charge in [-0.3, -0.25) is 4.79 Å². The summed E-state index contributed by atoms with van der Waals surface area (Å²) in [5.74, 6) is 1.60. The van der Waals surface area contributed by atoms with Gasteiger partial charge in [-0.2, -0.15) is 0 Å². The highest BCUT2D eigenvalue weighted by Gasteiger charge is 2.40. The minimum atomic E-state index is 0.275. The molecule has 78 valence electrons. The van der Waals surface area contributed by atoms with Crippen molar-refractivity contribution in [3.8, 4) is 0 Å². The summed E-state index contributed by atoms with van der Waals surface area (Å²) in [6.45, 7) is 6.70. The molecule has 2 atom stereocenters. The molecule has 1 nitrogen and oxygen atoms in total. The van der Waals surface area contributed by atoms with Crippen LogP contribution in [0.2, 0.25) is 0 Å². The third-order valence-corrected chi connectivity index (χ3v) is 3.39. The fraction of sp³-hybridized carbons (Fsp3) is 0.769. The SMILES string of the molecule is CC(C)(C)/C=C1\CC2CCC(=O)C2C1. The molecule has 2 saturated carbocycles. The first-order valence-corrected chi connectivity index (χ1v) is 5.69. The van der Waals surface area contributed by atoms with Crippen LogP contribution >= 0.6 is 0 Å². The maximum absolute atomic E-state index is 11.5. The number of carbonyl (C=O) groups is 1. The van der Waals surface area contributed by atoms with Crippen molar-refractivity contribution in [1.82, 2.24) is 0 Å². The van der Waals surface area contributed by atoms with E-state index in [4.69, 9.17) is 0 Å². The summed E-state index contributed by atoms with van der Waals surface area (Å²) in [5.41, 5.74) is 1.80. The average molecular weight is 192 g/mol. The van der Waals surface area contributed by atoms with Crippen LogP contribution in [0, 0.1) is 17.3 Å². The van der Waals surface area contributed by atoms with Crippen LogP contribution in [0.5, 0.6) is 0 Å². The van der Waals surface area contributed by atoms with E-state index in [1.807, 2.05) is 0 Å². The summed E-state index contributed by atoms with van der Waals surface area (Å²) >= 11 is 0. The number of hydrogen-bond donors (Lipinski definition) is 0. The molecular weight excluding hydrogens is 172 g/mol. The second-order valence-corrected chi connectivity index (χ2v) is 5.95. The Hall–Kier alpha value is -0.590. The van der Waals surface area contributed by atoms with Crippen LogP contribution in [0.15, 0.2) is 11.6 Å². The van der Waals surface area contributed by atoms with E-state index < -0.39 is 0 Å². The Morgan fingerprint density at radius 1 is 1.29 bits per heavy atom. The molecule has 2 aliphatic rings. The first-order valence-electron chi connectivity index (χ1n) is 5.69. The maximum Gasteiger partial charge on any atom is 0.136 e. The Labute approximate surface area is 86.6 Å². The van der Waals surface area contributed by atoms with E-state index in [1.165, 1.54) is 12.0 Å². The lowest BCUT2D eigenvalue weighted by Gasteiger charge is -2.14. The van der Waals surface area contributed by atoms with Gasteiger partial charge in [-0.25, -0.2) is 0 Å². The minimum Gasteiger partial charge on any atom is -0.299 e. The molecule has 0 aromatic carbocycles. The molecule has 2 aliphatic carbocycles. The molecule has 2 rings (SSSR count). The van der Waals surface area contributed by atoms with E-state index in [0.717, 1.165) is 19.3 Å². The zero-order valence-electron chi connectivity index (χ0n) is 9.47. The number of hydrogen-bond acceptors (Lipinski definition) is 1. The highest BCUT2D eigenvalue weighted by molar-refractivity contribution is 5.84. The third-order valence-electron chi connectivity index (χ3n) is 3.39. The molecule has 2 unspecified atom stereocenters. The van der Waals surface area contributed by atoms with Crippen molar-refractivity contribution in [3.63, 3.8) is 0 Å². The van der Waals surface area contributed by atoms with Crippen LogP contribution in [-0.4, -0.2) is 5.78 Å². The van der Waals surface area contributed by atoms with Crippen molar-refractivity contribution in [2.45, 2.75) is 46.5 Å². The highest BCUT2D eigenvalue weighted by atomic mass is 16.1. The van der Waals surface area contributed by atoms with Gasteiger partial charge >= 0.3 is 0 Å². The Bertz CT molecular complexity index is 280. The molecule has 0 aliphatic heterocycles. The standard InChI is InChI=1S/C13H20O/c1-13(2,3)8-9-6-10-4-5-12(14)11(10)7-9/h8,10-11H,4-7H2,1-3H3/b9-8+. The molecule has 14 heavy (non-hydrogen) atoms. The van der Waals surface area contributed by atoms with Gasteiger partial charge in [0.05, 0.1) is 0 Å². The molecule has 0 radical (unpaired) electrons. The van der Waals surface area contributed by atoms with Gasteiger partial charge in [0.25, 0.3) is 0 Å². The second-order valence-electron chi connectivity index (χ2n) is 5.95. The number of allylic oxidation sites excluding steroid dienone is 2. The Morgan fingerprint density at radius 3 is 2.57 bits per heavy atom. The minimum absolute atomic E-state index is 0.275. The van der Waals surface area contributed by atoms with Crippen LogP contribution in [0.1, 0.15) is 46.5 Å². The van der Waals surface area contributed by atoms with Gasteiger partial charge < -0.3 is 0 Å². The van der Waals surface area contributed by atoms with E-state index >= 15 is 0 Å². The topological polar surface area (TPSA) is 17.1 Å². The summed E-state index contributed by atoms with van der Waals surface area (Å²) < 4.78 is 0. The van der Waals surface area contributed by atoms with E-state index in [9.17, 15) is 4.79 Å². The van der Waals surface area contributed by atoms with Crippen LogP contribution in [0.25, 0.3) is 0 Å². The smallest absolute Gasteiger partial charge is 0.136 e. The van der Waals surface area contributed by atoms with Gasteiger partial charge in [0.15, 0.2) is 0 Å². The van der Waals surface area contributed by atoms with Crippen molar-refractivity contribution >= 4 is 5.78 Å². The molecule has 0 aromatic rings. The second kappa shape index (κ2) is 3.22. The zero-order chi connectivity index (χ0) is 10.3. The number of Topliss-reactive ketones (excluding diaryl/α,β-unsaturated/α-hetero) is 1. The zero-order valence-corrected chi connectivity index (χ0v) is 9.47. The molecule has 1 heteroatoms. The van der Waals surface area contributed by atoms with E-state index in [0.29, 0.717) is 17.6 Å². The summed E-state index contributed by atoms with van der Waals surface area (Å²) in [6.07, 6.45) is 6.61. The molecule has 0 N–H and O–H groups in total. The van der Waals surface area contributed by atoms with Crippen molar-refractivity contribution in [1.29, 1.82) is 0 Å². The van der Waals surface area contributed by atoms with Crippen LogP contribution in [0.4, 0.5) is 0 Å². The summed E-state index contributed by atoms with van der Waals surface area (Å²) in [7, 11) is 0. The molecule has 0 bridgehead atoms. The van der Waals surface area contributed by atoms with E-state index in [2.05, 4.69) is 26.8 Å². The lowest BCUT2D eigenvalue weighted by atomic mass is 9.92. The normalized spacial score (nSPS) is 35.4. The lowest BCUT2D eigenvalue weighted by Crippen LogP contribution is -2.07. The average Bonchev–Trinajstić information content (AvgIpc) is 2.51. The van der Waals surface area contributed by atoms with Crippen molar-refractivity contribution < 1.29 is 4.79 Å². The summed E-state index contributed by atoms with van der Waals surface area (Å²) in [5, 5.41) is 0. The van der Waals surface area contributed by atoms with E-state index in [1.54, 1.807) is 0 Å². The molecule has 0 saturated heterocycles. The Kier molecular flexibility index (Phi) is 2.29. The third kappa shape index (κ3) is 1.92. The Balaban J connectivity index is 2.09. The fourth-order valence-electron chi connectivity index (χ4n) is 2.93. The first-order chi connectivity index (χ1) is 6.46. The predicted octanol–water partition coefficient (Wildman–Crippen LogP) is 3.35. The number of carbonyl (C=O) groups excluding carboxylic acids is 1. The monoisotopic (exact) mass is 192 g/mol. The van der Waals surface area contributed by atoms with Gasteiger partial charge in [0, 0.05) is 12.3 Å². The molecular formula is C13H20O. The maximum atomic E-state index is 11.5. The van der Waals surface area contributed by atoms with Crippen LogP contribution in [0.3, 0.4) is 0 Å². The number of ketones is 1. The lowest BCUT2D eigenvalue weighted by molar-refractivity contribution is -0.120. The molecule has 0 amide bonds. The fourth-order valence-corrected chi connectivity index (χ4v) is 2.93. The number of rotatable bonds is 0. The quantitative estimate of drug-likeness (QED) is 0.538. The number of fused-ring (bicyclic) bond motifs is 1. The molecule has 0 spiro atoms. The van der Waals surface area contributed by atoms with Crippen molar-refractivity contribution in [2.24, 2.45) is 17.3 Å². The molecule has 0 heterocycles. The summed E-state index contributed by atoms with van der Waals surface area (Å²) in [4.78, 5) is 11.5. The van der Waals surface area contributed by atoms with Crippen molar-refractivity contribution in [2.75, 3.05) is 0 Å². The Morgan fingerprint density at radius 2 is 2.00 bits per heavy atom. The van der Waals surface area contributed by atoms with Crippen molar-refractivity contribution in [3.05, 3.63) is 11.6 Å². The highest BCUT2D eigenvalue weighted by Crippen LogP contribution is 2.45. The largest absolute Gasteiger partial charge is 0.299 e. The summed E-state index contributed by atoms with van der Waals surface area (Å²) in [6, 6.07) is 0.